The van der Waals surface area contributed by atoms with Crippen molar-refractivity contribution in [3.8, 4) is 0 Å². The Morgan fingerprint density at radius 2 is 1.84 bits per heavy atom. The molecular weight excluding hydrogens is 355 g/mol. The monoisotopic (exact) mass is 382 g/mol. The quantitative estimate of drug-likeness (QED) is 0.395. The van der Waals surface area contributed by atoms with Gasteiger partial charge in [-0.2, -0.15) is 0 Å². The number of carbonyl (C=O) groups is 1. The number of hydrogen-bond donors (Lipinski definition) is 3. The second kappa shape index (κ2) is 8.60. The third-order valence-electron chi connectivity index (χ3n) is 2.85. The molecule has 1 saturated carbocycles. The number of guanidine groups is 1. The smallest absolute Gasteiger partial charge is 0.239 e. The minimum Gasteiger partial charge on any atom is -0.354 e. The Hall–Kier alpha value is -0.530. The molecule has 0 bridgehead atoms. The molecule has 1 aliphatic carbocycles. The van der Waals surface area contributed by atoms with Crippen molar-refractivity contribution in [1.29, 1.82) is 0 Å². The lowest BCUT2D eigenvalue weighted by Gasteiger charge is -2.21. The molecule has 1 fully saturated rings. The summed E-state index contributed by atoms with van der Waals surface area (Å²) < 4.78 is 0. The van der Waals surface area contributed by atoms with Gasteiger partial charge in [0.05, 0.1) is 6.54 Å². The first-order valence-electron chi connectivity index (χ1n) is 6.69. The summed E-state index contributed by atoms with van der Waals surface area (Å²) in [5.74, 6) is 0.697. The van der Waals surface area contributed by atoms with Gasteiger partial charge in [-0.3, -0.25) is 9.79 Å². The summed E-state index contributed by atoms with van der Waals surface area (Å²) in [5.41, 5.74) is -0.193. The van der Waals surface area contributed by atoms with Crippen molar-refractivity contribution in [2.24, 2.45) is 4.99 Å². The summed E-state index contributed by atoms with van der Waals surface area (Å²) in [6.07, 6.45) is 4.93. The van der Waals surface area contributed by atoms with Crippen LogP contribution in [0.4, 0.5) is 0 Å². The summed E-state index contributed by atoms with van der Waals surface area (Å²) in [5, 5.41) is 9.30. The SMILES string of the molecule is CN=C(NCC(=O)NC(C)(C)C)NC1CCCC1.I. The maximum absolute atomic E-state index is 11.7. The van der Waals surface area contributed by atoms with Gasteiger partial charge in [0.25, 0.3) is 0 Å². The maximum Gasteiger partial charge on any atom is 0.239 e. The summed E-state index contributed by atoms with van der Waals surface area (Å²) in [7, 11) is 1.73. The minimum atomic E-state index is -0.193. The molecule has 1 amide bonds. The number of aliphatic imine (C=N–C) groups is 1. The molecule has 0 atom stereocenters. The third-order valence-corrected chi connectivity index (χ3v) is 2.85. The molecule has 3 N–H and O–H groups in total. The minimum absolute atomic E-state index is 0. The van der Waals surface area contributed by atoms with Gasteiger partial charge in [0.1, 0.15) is 0 Å². The van der Waals surface area contributed by atoms with E-state index in [1.54, 1.807) is 7.05 Å². The van der Waals surface area contributed by atoms with Crippen molar-refractivity contribution in [2.45, 2.75) is 58.0 Å². The summed E-state index contributed by atoms with van der Waals surface area (Å²) in [6.45, 7) is 6.16. The van der Waals surface area contributed by atoms with Crippen molar-refractivity contribution in [1.82, 2.24) is 16.0 Å². The zero-order valence-electron chi connectivity index (χ0n) is 12.4. The molecule has 6 heteroatoms. The van der Waals surface area contributed by atoms with Crippen LogP contribution in [0, 0.1) is 0 Å². The summed E-state index contributed by atoms with van der Waals surface area (Å²) in [6, 6.07) is 0.502. The van der Waals surface area contributed by atoms with Crippen LogP contribution < -0.4 is 16.0 Å². The molecule has 0 aromatic carbocycles. The Morgan fingerprint density at radius 3 is 2.32 bits per heavy atom. The van der Waals surface area contributed by atoms with Gasteiger partial charge in [0.15, 0.2) is 5.96 Å². The summed E-state index contributed by atoms with van der Waals surface area (Å²) >= 11 is 0. The zero-order valence-corrected chi connectivity index (χ0v) is 14.7. The second-order valence-corrected chi connectivity index (χ2v) is 5.85. The molecule has 0 heterocycles. The van der Waals surface area contributed by atoms with Crippen LogP contribution in [0.25, 0.3) is 0 Å². The van der Waals surface area contributed by atoms with E-state index < -0.39 is 0 Å². The van der Waals surface area contributed by atoms with Crippen LogP contribution in [0.1, 0.15) is 46.5 Å². The molecular formula is C13H27IN4O. The first-order chi connectivity index (χ1) is 8.40. The number of amides is 1. The average Bonchev–Trinajstić information content (AvgIpc) is 2.74. The normalized spacial score (nSPS) is 16.7. The molecule has 0 aliphatic heterocycles. The molecule has 5 nitrogen and oxygen atoms in total. The number of halogens is 1. The summed E-state index contributed by atoms with van der Waals surface area (Å²) in [4.78, 5) is 15.8. The van der Waals surface area contributed by atoms with Crippen LogP contribution in [0.5, 0.6) is 0 Å². The largest absolute Gasteiger partial charge is 0.354 e. The van der Waals surface area contributed by atoms with E-state index in [1.807, 2.05) is 20.8 Å². The van der Waals surface area contributed by atoms with E-state index in [4.69, 9.17) is 0 Å². The van der Waals surface area contributed by atoms with Crippen molar-refractivity contribution >= 4 is 35.8 Å². The number of nitrogens with one attached hydrogen (secondary N) is 3. The van der Waals surface area contributed by atoms with Crippen LogP contribution in [0.2, 0.25) is 0 Å². The zero-order chi connectivity index (χ0) is 13.6. The van der Waals surface area contributed by atoms with Crippen LogP contribution in [-0.2, 0) is 4.79 Å². The molecule has 112 valence electrons. The first kappa shape index (κ1) is 18.5. The Bertz CT molecular complexity index is 306. The van der Waals surface area contributed by atoms with E-state index >= 15 is 0 Å². The molecule has 0 aromatic rings. The van der Waals surface area contributed by atoms with Gasteiger partial charge < -0.3 is 16.0 Å². The lowest BCUT2D eigenvalue weighted by molar-refractivity contribution is -0.121. The average molecular weight is 382 g/mol. The number of rotatable bonds is 3. The van der Waals surface area contributed by atoms with E-state index in [2.05, 4.69) is 20.9 Å². The van der Waals surface area contributed by atoms with Gasteiger partial charge >= 0.3 is 0 Å². The molecule has 0 spiro atoms. The van der Waals surface area contributed by atoms with Gasteiger partial charge in [-0.15, -0.1) is 24.0 Å². The number of hydrogen-bond acceptors (Lipinski definition) is 2. The van der Waals surface area contributed by atoms with Crippen LogP contribution in [0.3, 0.4) is 0 Å². The highest BCUT2D eigenvalue weighted by atomic mass is 127. The Labute approximate surface area is 133 Å². The fourth-order valence-corrected chi connectivity index (χ4v) is 2.08. The maximum atomic E-state index is 11.7. The highest BCUT2D eigenvalue weighted by molar-refractivity contribution is 14.0. The Kier molecular flexibility index (Phi) is 8.36. The molecule has 0 aromatic heterocycles. The first-order valence-corrected chi connectivity index (χ1v) is 6.69. The van der Waals surface area contributed by atoms with Gasteiger partial charge in [-0.05, 0) is 33.6 Å². The lowest BCUT2D eigenvalue weighted by Crippen LogP contribution is -2.49. The molecule has 1 aliphatic rings. The Balaban J connectivity index is 0.00000324. The molecule has 0 unspecified atom stereocenters. The van der Waals surface area contributed by atoms with Crippen molar-refractivity contribution in [2.75, 3.05) is 13.6 Å². The van der Waals surface area contributed by atoms with E-state index in [1.165, 1.54) is 25.7 Å². The second-order valence-electron chi connectivity index (χ2n) is 5.85. The Morgan fingerprint density at radius 1 is 1.26 bits per heavy atom. The molecule has 19 heavy (non-hydrogen) atoms. The van der Waals surface area contributed by atoms with E-state index in [-0.39, 0.29) is 42.0 Å². The van der Waals surface area contributed by atoms with Crippen LogP contribution in [0.15, 0.2) is 4.99 Å². The van der Waals surface area contributed by atoms with Crippen molar-refractivity contribution in [3.63, 3.8) is 0 Å². The van der Waals surface area contributed by atoms with E-state index in [0.29, 0.717) is 12.0 Å². The number of carbonyl (C=O) groups excluding carboxylic acids is 1. The topological polar surface area (TPSA) is 65.5 Å². The predicted molar refractivity (Wildman–Crippen MR) is 90.1 cm³/mol. The van der Waals surface area contributed by atoms with Gasteiger partial charge in [0.2, 0.25) is 5.91 Å². The molecule has 0 radical (unpaired) electrons. The highest BCUT2D eigenvalue weighted by Crippen LogP contribution is 2.17. The molecule has 0 saturated heterocycles. The van der Waals surface area contributed by atoms with Crippen LogP contribution >= 0.6 is 24.0 Å². The van der Waals surface area contributed by atoms with Gasteiger partial charge in [-0.25, -0.2) is 0 Å². The molecule has 1 rings (SSSR count). The van der Waals surface area contributed by atoms with Crippen molar-refractivity contribution in [3.05, 3.63) is 0 Å². The number of nitrogens with zero attached hydrogens (tertiary/aromatic N) is 1. The highest BCUT2D eigenvalue weighted by Gasteiger charge is 2.17. The van der Waals surface area contributed by atoms with E-state index in [9.17, 15) is 4.79 Å². The van der Waals surface area contributed by atoms with Crippen LogP contribution in [-0.4, -0.2) is 37.0 Å². The van der Waals surface area contributed by atoms with Crippen molar-refractivity contribution < 1.29 is 4.79 Å². The van der Waals surface area contributed by atoms with Gasteiger partial charge in [0, 0.05) is 18.6 Å². The fourth-order valence-electron chi connectivity index (χ4n) is 2.08. The fraction of sp³-hybridized carbons (Fsp3) is 0.846. The van der Waals surface area contributed by atoms with E-state index in [0.717, 1.165) is 0 Å². The standard InChI is InChI=1S/C13H26N4O.HI/c1-13(2,3)17-11(18)9-15-12(14-4)16-10-7-5-6-8-10;/h10H,5-9H2,1-4H3,(H,17,18)(H2,14,15,16);1H. The third kappa shape index (κ3) is 8.28. The lowest BCUT2D eigenvalue weighted by atomic mass is 10.1. The van der Waals surface area contributed by atoms with Gasteiger partial charge in [-0.1, -0.05) is 12.8 Å². The predicted octanol–water partition coefficient (Wildman–Crippen LogP) is 1.63.